The minimum absolute atomic E-state index is 0.0186. The number of ether oxygens (including phenoxy) is 1. The number of carbonyl (C=O) groups is 1. The van der Waals surface area contributed by atoms with Gasteiger partial charge in [0.05, 0.1) is 12.2 Å². The van der Waals surface area contributed by atoms with Crippen molar-refractivity contribution in [3.8, 4) is 0 Å². The Morgan fingerprint density at radius 2 is 2.04 bits per heavy atom. The molecule has 0 bridgehead atoms. The molecule has 2 aromatic rings. The van der Waals surface area contributed by atoms with E-state index in [1.165, 1.54) is 23.1 Å². The Bertz CT molecular complexity index is 818. The number of aromatic amines is 1. The summed E-state index contributed by atoms with van der Waals surface area (Å²) in [5.74, 6) is 0.734. The van der Waals surface area contributed by atoms with E-state index in [4.69, 9.17) is 4.74 Å². The number of aryl methyl sites for hydroxylation is 1. The van der Waals surface area contributed by atoms with Gasteiger partial charge < -0.3 is 15.0 Å². The molecule has 0 unspecified atom stereocenters. The Kier molecular flexibility index (Phi) is 5.24. The van der Waals surface area contributed by atoms with E-state index >= 15 is 0 Å². The summed E-state index contributed by atoms with van der Waals surface area (Å²) in [5, 5.41) is 4.31. The Labute approximate surface area is 161 Å². The van der Waals surface area contributed by atoms with Gasteiger partial charge in [-0.2, -0.15) is 0 Å². The quantitative estimate of drug-likeness (QED) is 0.871. The maximum atomic E-state index is 12.6. The molecule has 1 fully saturated rings. The number of aromatic nitrogens is 1. The van der Waals surface area contributed by atoms with Gasteiger partial charge in [-0.1, -0.05) is 6.92 Å². The Hall–Kier alpha value is -1.85. The Morgan fingerprint density at radius 1 is 1.26 bits per heavy atom. The van der Waals surface area contributed by atoms with E-state index in [9.17, 15) is 4.79 Å². The van der Waals surface area contributed by atoms with Gasteiger partial charge >= 0.3 is 0 Å². The summed E-state index contributed by atoms with van der Waals surface area (Å²) in [5.41, 5.74) is 4.68. The molecule has 1 aliphatic heterocycles. The van der Waals surface area contributed by atoms with Crippen LogP contribution in [0.5, 0.6) is 0 Å². The van der Waals surface area contributed by atoms with Crippen LogP contribution in [0.3, 0.4) is 0 Å². The minimum Gasteiger partial charge on any atom is -0.373 e. The second-order valence-corrected chi connectivity index (χ2v) is 8.46. The number of carbonyl (C=O) groups excluding carboxylic acids is 1. The van der Waals surface area contributed by atoms with Crippen LogP contribution in [0.25, 0.3) is 10.9 Å². The first-order chi connectivity index (χ1) is 13.0. The molecule has 0 saturated carbocycles. The van der Waals surface area contributed by atoms with E-state index in [1.54, 1.807) is 0 Å². The fourth-order valence-corrected chi connectivity index (χ4v) is 4.63. The molecule has 1 aromatic carbocycles. The van der Waals surface area contributed by atoms with Crippen molar-refractivity contribution >= 4 is 16.8 Å². The van der Waals surface area contributed by atoms with Crippen LogP contribution >= 0.6 is 0 Å². The van der Waals surface area contributed by atoms with Crippen LogP contribution in [0.2, 0.25) is 0 Å². The summed E-state index contributed by atoms with van der Waals surface area (Å²) in [6.07, 6.45) is 3.98. The third kappa shape index (κ3) is 4.04. The summed E-state index contributed by atoms with van der Waals surface area (Å²) in [4.78, 5) is 18.6. The number of hydrogen-bond acceptors (Lipinski definition) is 3. The van der Waals surface area contributed by atoms with E-state index in [0.29, 0.717) is 12.5 Å². The van der Waals surface area contributed by atoms with Crippen LogP contribution in [-0.2, 0) is 17.6 Å². The highest BCUT2D eigenvalue weighted by molar-refractivity contribution is 5.99. The first kappa shape index (κ1) is 18.5. The molecule has 5 nitrogen and oxygen atoms in total. The third-order valence-electron chi connectivity index (χ3n) is 5.91. The molecule has 5 heteroatoms. The standard InChI is InChI=1S/C22H31N3O2/c1-14-4-6-20-18(10-14)19-11-17(5-7-21(19)24-20)22(26)23-8-9-25-12-15(2)27-16(3)13-25/h5,7,11,14-16,24H,4,6,8-10,12-13H2,1-3H3,(H,23,26)/t14-,15-,16+/m0/s1. The zero-order valence-corrected chi connectivity index (χ0v) is 16.7. The van der Waals surface area contributed by atoms with E-state index in [2.05, 4.69) is 48.1 Å². The predicted octanol–water partition coefficient (Wildman–Crippen LogP) is 3.13. The van der Waals surface area contributed by atoms with Gasteiger partial charge in [0.15, 0.2) is 0 Å². The first-order valence-corrected chi connectivity index (χ1v) is 10.3. The molecule has 0 spiro atoms. The normalized spacial score (nSPS) is 26.1. The number of rotatable bonds is 4. The number of nitrogens with zero attached hydrogens (tertiary/aromatic N) is 1. The number of amides is 1. The number of benzene rings is 1. The molecule has 146 valence electrons. The van der Waals surface area contributed by atoms with Crippen LogP contribution in [0.4, 0.5) is 0 Å². The van der Waals surface area contributed by atoms with E-state index in [-0.39, 0.29) is 18.1 Å². The fourth-order valence-electron chi connectivity index (χ4n) is 4.63. The highest BCUT2D eigenvalue weighted by Gasteiger charge is 2.22. The van der Waals surface area contributed by atoms with Crippen molar-refractivity contribution in [2.24, 2.45) is 5.92 Å². The molecule has 1 aromatic heterocycles. The second kappa shape index (κ2) is 7.64. The molecule has 3 atom stereocenters. The monoisotopic (exact) mass is 369 g/mol. The Morgan fingerprint density at radius 3 is 2.81 bits per heavy atom. The number of H-pyrrole nitrogens is 1. The van der Waals surface area contributed by atoms with Gasteiger partial charge in [0, 0.05) is 48.3 Å². The fraction of sp³-hybridized carbons (Fsp3) is 0.591. The molecule has 2 N–H and O–H groups in total. The van der Waals surface area contributed by atoms with Crippen LogP contribution in [0.15, 0.2) is 18.2 Å². The topological polar surface area (TPSA) is 57.4 Å². The molecule has 4 rings (SSSR count). The summed E-state index contributed by atoms with van der Waals surface area (Å²) in [7, 11) is 0. The van der Waals surface area contributed by atoms with Crippen molar-refractivity contribution in [3.05, 3.63) is 35.0 Å². The zero-order chi connectivity index (χ0) is 19.0. The number of hydrogen-bond donors (Lipinski definition) is 2. The molecule has 1 aliphatic carbocycles. The smallest absolute Gasteiger partial charge is 0.251 e. The van der Waals surface area contributed by atoms with Crippen LogP contribution in [-0.4, -0.2) is 54.2 Å². The van der Waals surface area contributed by atoms with E-state index in [1.807, 2.05) is 6.07 Å². The molecule has 1 amide bonds. The van der Waals surface area contributed by atoms with Gasteiger partial charge in [-0.15, -0.1) is 0 Å². The molecule has 0 radical (unpaired) electrons. The van der Waals surface area contributed by atoms with Crippen molar-refractivity contribution in [2.75, 3.05) is 26.2 Å². The lowest BCUT2D eigenvalue weighted by Crippen LogP contribution is -2.47. The average molecular weight is 370 g/mol. The van der Waals surface area contributed by atoms with Crippen LogP contribution in [0.1, 0.15) is 48.8 Å². The summed E-state index contributed by atoms with van der Waals surface area (Å²) in [6, 6.07) is 6.05. The summed E-state index contributed by atoms with van der Waals surface area (Å²) >= 11 is 0. The van der Waals surface area contributed by atoms with Crippen LogP contribution < -0.4 is 5.32 Å². The SMILES string of the molecule is C[C@H]1CCc2[nH]c3ccc(C(=O)NCCN4C[C@@H](C)O[C@@H](C)C4)cc3c2C1. The third-order valence-corrected chi connectivity index (χ3v) is 5.91. The van der Waals surface area contributed by atoms with Crippen molar-refractivity contribution in [1.29, 1.82) is 0 Å². The van der Waals surface area contributed by atoms with Crippen molar-refractivity contribution in [3.63, 3.8) is 0 Å². The van der Waals surface area contributed by atoms with Gasteiger partial charge in [-0.25, -0.2) is 0 Å². The van der Waals surface area contributed by atoms with Gasteiger partial charge in [-0.05, 0) is 62.8 Å². The first-order valence-electron chi connectivity index (χ1n) is 10.3. The van der Waals surface area contributed by atoms with Crippen molar-refractivity contribution in [1.82, 2.24) is 15.2 Å². The minimum atomic E-state index is 0.0186. The summed E-state index contributed by atoms with van der Waals surface area (Å²) in [6.45, 7) is 9.91. The van der Waals surface area contributed by atoms with Crippen molar-refractivity contribution < 1.29 is 9.53 Å². The van der Waals surface area contributed by atoms with E-state index < -0.39 is 0 Å². The maximum absolute atomic E-state index is 12.6. The van der Waals surface area contributed by atoms with Crippen LogP contribution in [0, 0.1) is 5.92 Å². The zero-order valence-electron chi connectivity index (χ0n) is 16.7. The van der Waals surface area contributed by atoms with Gasteiger partial charge in [0.2, 0.25) is 0 Å². The molecule has 2 heterocycles. The number of morpholine rings is 1. The Balaban J connectivity index is 1.40. The van der Waals surface area contributed by atoms with Gasteiger partial charge in [0.1, 0.15) is 0 Å². The van der Waals surface area contributed by atoms with Gasteiger partial charge in [0.25, 0.3) is 5.91 Å². The molecule has 2 aliphatic rings. The number of fused-ring (bicyclic) bond motifs is 3. The molecular weight excluding hydrogens is 338 g/mol. The second-order valence-electron chi connectivity index (χ2n) is 8.46. The molecular formula is C22H31N3O2. The lowest BCUT2D eigenvalue weighted by atomic mass is 9.87. The highest BCUT2D eigenvalue weighted by atomic mass is 16.5. The largest absolute Gasteiger partial charge is 0.373 e. The predicted molar refractivity (Wildman–Crippen MR) is 108 cm³/mol. The molecule has 27 heavy (non-hydrogen) atoms. The number of nitrogens with one attached hydrogen (secondary N) is 2. The lowest BCUT2D eigenvalue weighted by Gasteiger charge is -2.35. The average Bonchev–Trinajstić information content (AvgIpc) is 2.98. The van der Waals surface area contributed by atoms with Gasteiger partial charge in [-0.3, -0.25) is 9.69 Å². The van der Waals surface area contributed by atoms with E-state index in [0.717, 1.165) is 43.6 Å². The molecule has 1 saturated heterocycles. The summed E-state index contributed by atoms with van der Waals surface area (Å²) < 4.78 is 5.77. The lowest BCUT2D eigenvalue weighted by molar-refractivity contribution is -0.0672. The van der Waals surface area contributed by atoms with Crippen molar-refractivity contribution in [2.45, 2.75) is 52.2 Å². The maximum Gasteiger partial charge on any atom is 0.251 e. The highest BCUT2D eigenvalue weighted by Crippen LogP contribution is 2.32.